The van der Waals surface area contributed by atoms with Gasteiger partial charge in [0, 0.05) is 25.0 Å². The van der Waals surface area contributed by atoms with Gasteiger partial charge in [-0.1, -0.05) is 0 Å². The topological polar surface area (TPSA) is 54.8 Å². The third-order valence-electron chi connectivity index (χ3n) is 4.01. The molecule has 142 valence electrons. The molecule has 9 heteroatoms. The normalized spacial score (nSPS) is 16.6. The van der Waals surface area contributed by atoms with Gasteiger partial charge in [0.2, 0.25) is 0 Å². The van der Waals surface area contributed by atoms with E-state index in [0.717, 1.165) is 43.2 Å². The number of likely N-dealkylation sites (tertiary alicyclic amines) is 1. The molecular formula is C17H19F3N2O3S. The summed E-state index contributed by atoms with van der Waals surface area (Å²) in [6, 6.07) is 5.47. The highest BCUT2D eigenvalue weighted by Gasteiger charge is 2.31. The van der Waals surface area contributed by atoms with E-state index in [4.69, 9.17) is 9.84 Å². The van der Waals surface area contributed by atoms with Crippen molar-refractivity contribution in [3.05, 3.63) is 40.3 Å². The van der Waals surface area contributed by atoms with E-state index in [0.29, 0.717) is 5.75 Å². The molecule has 0 bridgehead atoms. The summed E-state index contributed by atoms with van der Waals surface area (Å²) in [6.45, 7) is 2.41. The zero-order chi connectivity index (χ0) is 18.6. The average Bonchev–Trinajstić information content (AvgIpc) is 3.05. The highest BCUT2D eigenvalue weighted by molar-refractivity contribution is 7.09. The lowest BCUT2D eigenvalue weighted by atomic mass is 10.1. The number of halogens is 3. The quantitative estimate of drug-likeness (QED) is 0.820. The minimum atomic E-state index is -4.69. The first-order valence-corrected chi connectivity index (χ1v) is 9.08. The molecule has 0 unspecified atom stereocenters. The standard InChI is InChI=1S/C17H19F3N2O3S/c18-17(19,20)25-15-3-1-13(2-4-15)24-14-5-7-22(8-6-14)9-12-11-26-16(10-23)21-12/h1-4,11,14,23H,5-10H2. The van der Waals surface area contributed by atoms with Crippen molar-refractivity contribution in [1.82, 2.24) is 9.88 Å². The van der Waals surface area contributed by atoms with Crippen LogP contribution in [0.4, 0.5) is 13.2 Å². The number of benzene rings is 1. The van der Waals surface area contributed by atoms with Crippen LogP contribution in [0.3, 0.4) is 0 Å². The number of aliphatic hydroxyl groups is 1. The largest absolute Gasteiger partial charge is 0.573 e. The Kier molecular flexibility index (Phi) is 6.00. The highest BCUT2D eigenvalue weighted by atomic mass is 32.1. The molecule has 1 aromatic heterocycles. The molecule has 0 radical (unpaired) electrons. The molecule has 0 amide bonds. The number of rotatable bonds is 6. The fourth-order valence-electron chi connectivity index (χ4n) is 2.82. The molecule has 2 aromatic rings. The predicted molar refractivity (Wildman–Crippen MR) is 90.1 cm³/mol. The zero-order valence-corrected chi connectivity index (χ0v) is 14.7. The molecule has 2 heterocycles. The van der Waals surface area contributed by atoms with E-state index >= 15 is 0 Å². The molecule has 1 aliphatic heterocycles. The Morgan fingerprint density at radius 3 is 2.38 bits per heavy atom. The lowest BCUT2D eigenvalue weighted by Gasteiger charge is -2.31. The third-order valence-corrected chi connectivity index (χ3v) is 4.90. The minimum Gasteiger partial charge on any atom is -0.490 e. The zero-order valence-electron chi connectivity index (χ0n) is 13.9. The fraction of sp³-hybridized carbons (Fsp3) is 0.471. The first-order chi connectivity index (χ1) is 12.4. The summed E-state index contributed by atoms with van der Waals surface area (Å²) in [5, 5.41) is 11.7. The lowest BCUT2D eigenvalue weighted by Crippen LogP contribution is -2.37. The Morgan fingerprint density at radius 1 is 1.15 bits per heavy atom. The summed E-state index contributed by atoms with van der Waals surface area (Å²) in [5.74, 6) is 0.273. The maximum atomic E-state index is 12.2. The van der Waals surface area contributed by atoms with Crippen molar-refractivity contribution in [2.75, 3.05) is 13.1 Å². The summed E-state index contributed by atoms with van der Waals surface area (Å²) in [4.78, 5) is 6.62. The number of alkyl halides is 3. The summed E-state index contributed by atoms with van der Waals surface area (Å²) in [6.07, 6.45) is -3.00. The second-order valence-corrected chi connectivity index (χ2v) is 6.95. The summed E-state index contributed by atoms with van der Waals surface area (Å²) >= 11 is 1.45. The average molecular weight is 388 g/mol. The van der Waals surface area contributed by atoms with Crippen LogP contribution in [0.25, 0.3) is 0 Å². The molecule has 0 spiro atoms. The van der Waals surface area contributed by atoms with Crippen molar-refractivity contribution < 1.29 is 27.8 Å². The summed E-state index contributed by atoms with van der Waals surface area (Å²) < 4.78 is 46.2. The van der Waals surface area contributed by atoms with Gasteiger partial charge in [-0.3, -0.25) is 4.90 Å². The van der Waals surface area contributed by atoms with E-state index in [9.17, 15) is 13.2 Å². The van der Waals surface area contributed by atoms with Crippen molar-refractivity contribution >= 4 is 11.3 Å². The Bertz CT molecular complexity index is 698. The van der Waals surface area contributed by atoms with Crippen LogP contribution < -0.4 is 9.47 Å². The van der Waals surface area contributed by atoms with E-state index in [1.807, 2.05) is 5.38 Å². The Hall–Kier alpha value is -1.84. The van der Waals surface area contributed by atoms with Gasteiger partial charge in [0.05, 0.1) is 12.3 Å². The van der Waals surface area contributed by atoms with Gasteiger partial charge in [-0.05, 0) is 37.1 Å². The number of ether oxygens (including phenoxy) is 2. The predicted octanol–water partition coefficient (Wildman–Crippen LogP) is 3.58. The first kappa shape index (κ1) is 18.9. The maximum absolute atomic E-state index is 12.2. The van der Waals surface area contributed by atoms with Gasteiger partial charge in [-0.25, -0.2) is 4.98 Å². The molecule has 1 N–H and O–H groups in total. The number of aliphatic hydroxyl groups excluding tert-OH is 1. The van der Waals surface area contributed by atoms with Crippen molar-refractivity contribution in [2.24, 2.45) is 0 Å². The molecular weight excluding hydrogens is 369 g/mol. The van der Waals surface area contributed by atoms with E-state index in [-0.39, 0.29) is 18.5 Å². The number of hydrogen-bond donors (Lipinski definition) is 1. The van der Waals surface area contributed by atoms with Gasteiger partial charge < -0.3 is 14.6 Å². The van der Waals surface area contributed by atoms with Crippen LogP contribution in [-0.4, -0.2) is 40.5 Å². The molecule has 0 saturated carbocycles. The molecule has 26 heavy (non-hydrogen) atoms. The molecule has 1 saturated heterocycles. The van der Waals surface area contributed by atoms with Gasteiger partial charge in [-0.2, -0.15) is 0 Å². The van der Waals surface area contributed by atoms with Crippen molar-refractivity contribution in [1.29, 1.82) is 0 Å². The van der Waals surface area contributed by atoms with E-state index in [1.165, 1.54) is 35.6 Å². The summed E-state index contributed by atoms with van der Waals surface area (Å²) in [5.41, 5.74) is 0.957. The van der Waals surface area contributed by atoms with Crippen molar-refractivity contribution in [3.63, 3.8) is 0 Å². The van der Waals surface area contributed by atoms with Crippen LogP contribution in [0.1, 0.15) is 23.5 Å². The summed E-state index contributed by atoms with van der Waals surface area (Å²) in [7, 11) is 0. The van der Waals surface area contributed by atoms with Crippen LogP contribution in [0.15, 0.2) is 29.6 Å². The Labute approximate surface area is 153 Å². The lowest BCUT2D eigenvalue weighted by molar-refractivity contribution is -0.274. The molecule has 0 atom stereocenters. The van der Waals surface area contributed by atoms with Crippen LogP contribution >= 0.6 is 11.3 Å². The SMILES string of the molecule is OCc1nc(CN2CCC(Oc3ccc(OC(F)(F)F)cc3)CC2)cs1. The molecule has 1 aromatic carbocycles. The number of nitrogens with zero attached hydrogens (tertiary/aromatic N) is 2. The molecule has 0 aliphatic carbocycles. The van der Waals surface area contributed by atoms with Gasteiger partial charge >= 0.3 is 6.36 Å². The molecule has 1 fully saturated rings. The fourth-order valence-corrected chi connectivity index (χ4v) is 3.46. The van der Waals surface area contributed by atoms with Crippen LogP contribution in [0.5, 0.6) is 11.5 Å². The smallest absolute Gasteiger partial charge is 0.490 e. The van der Waals surface area contributed by atoms with Crippen LogP contribution in [0, 0.1) is 0 Å². The second-order valence-electron chi connectivity index (χ2n) is 6.00. The van der Waals surface area contributed by atoms with Crippen LogP contribution in [-0.2, 0) is 13.2 Å². The van der Waals surface area contributed by atoms with Gasteiger partial charge in [0.1, 0.15) is 22.6 Å². The van der Waals surface area contributed by atoms with Crippen LogP contribution in [0.2, 0.25) is 0 Å². The van der Waals surface area contributed by atoms with E-state index in [2.05, 4.69) is 14.6 Å². The molecule has 1 aliphatic rings. The number of thiazole rings is 1. The highest BCUT2D eigenvalue weighted by Crippen LogP contribution is 2.26. The van der Waals surface area contributed by atoms with Gasteiger partial charge in [0.25, 0.3) is 0 Å². The minimum absolute atomic E-state index is 0.0315. The number of aromatic nitrogens is 1. The van der Waals surface area contributed by atoms with Gasteiger partial charge in [0.15, 0.2) is 0 Å². The van der Waals surface area contributed by atoms with E-state index < -0.39 is 6.36 Å². The monoisotopic (exact) mass is 388 g/mol. The second kappa shape index (κ2) is 8.24. The molecule has 5 nitrogen and oxygen atoms in total. The van der Waals surface area contributed by atoms with Crippen molar-refractivity contribution in [2.45, 2.75) is 38.5 Å². The van der Waals surface area contributed by atoms with Crippen molar-refractivity contribution in [3.8, 4) is 11.5 Å². The Balaban J connectivity index is 1.45. The number of piperidine rings is 1. The third kappa shape index (κ3) is 5.58. The first-order valence-electron chi connectivity index (χ1n) is 8.20. The number of hydrogen-bond acceptors (Lipinski definition) is 6. The van der Waals surface area contributed by atoms with E-state index in [1.54, 1.807) is 0 Å². The molecule has 3 rings (SSSR count). The Morgan fingerprint density at radius 2 is 1.81 bits per heavy atom. The maximum Gasteiger partial charge on any atom is 0.573 e. The van der Waals surface area contributed by atoms with Gasteiger partial charge in [-0.15, -0.1) is 24.5 Å².